The third kappa shape index (κ3) is 6.76. The first-order chi connectivity index (χ1) is 14.4. The van der Waals surface area contributed by atoms with Crippen molar-refractivity contribution < 1.29 is 17.2 Å². The molecule has 0 saturated carbocycles. The van der Waals surface area contributed by atoms with Crippen molar-refractivity contribution in [2.45, 2.75) is 11.3 Å². The molecule has 0 aliphatic carbocycles. The highest BCUT2D eigenvalue weighted by Crippen LogP contribution is 2.22. The van der Waals surface area contributed by atoms with Crippen LogP contribution in [0.25, 0.3) is 0 Å². The van der Waals surface area contributed by atoms with E-state index in [9.17, 15) is 17.2 Å². The Morgan fingerprint density at radius 2 is 1.74 bits per heavy atom. The minimum absolute atomic E-state index is 0. The molecule has 1 aliphatic rings. The number of benzene rings is 2. The number of sulfone groups is 1. The Kier molecular flexibility index (Phi) is 9.48. The Labute approximate surface area is 199 Å². The zero-order valence-corrected chi connectivity index (χ0v) is 20.4. The van der Waals surface area contributed by atoms with Crippen LogP contribution in [0.2, 0.25) is 0 Å². The average molecular weight is 564 g/mol. The number of hydrogen-bond acceptors (Lipinski definition) is 4. The fourth-order valence-corrected chi connectivity index (χ4v) is 4.76. The normalized spacial score (nSPS) is 14.9. The van der Waals surface area contributed by atoms with Gasteiger partial charge in [0.05, 0.1) is 16.3 Å². The molecule has 6 nitrogen and oxygen atoms in total. The van der Waals surface area contributed by atoms with Crippen molar-refractivity contribution in [3.05, 3.63) is 60.2 Å². The molecule has 0 unspecified atom stereocenters. The number of nitrogens with zero attached hydrogens (tertiary/aromatic N) is 3. The minimum atomic E-state index is -3.30. The quantitative estimate of drug-likeness (QED) is 0.253. The molecule has 1 aliphatic heterocycles. The summed E-state index contributed by atoms with van der Waals surface area (Å²) >= 11 is 0. The smallest absolute Gasteiger partial charge is 0.193 e. The number of nitrogens with one attached hydrogen (secondary N) is 1. The fourth-order valence-electron chi connectivity index (χ4n) is 3.43. The Hall–Kier alpha value is -1.95. The maximum Gasteiger partial charge on any atom is 0.193 e. The molecule has 3 rings (SSSR count). The molecule has 1 N–H and O–H groups in total. The molecule has 2 aromatic carbocycles. The summed E-state index contributed by atoms with van der Waals surface area (Å²) in [4.78, 5) is 8.43. The Bertz CT molecular complexity index is 982. The highest BCUT2D eigenvalue weighted by Gasteiger charge is 2.22. The Balaban J connectivity index is 0.00000341. The molecule has 170 valence electrons. The van der Waals surface area contributed by atoms with E-state index in [1.807, 2.05) is 9.80 Å². The van der Waals surface area contributed by atoms with Crippen molar-refractivity contribution in [2.24, 2.45) is 4.99 Å². The molecule has 1 heterocycles. The van der Waals surface area contributed by atoms with Crippen LogP contribution in [0.4, 0.5) is 14.5 Å². The van der Waals surface area contributed by atoms with Gasteiger partial charge in [0.25, 0.3) is 0 Å². The summed E-state index contributed by atoms with van der Waals surface area (Å²) in [5.74, 6) is -0.177. The molecule has 31 heavy (non-hydrogen) atoms. The standard InChI is InChI=1S/C21H26F2N4O2S.HI/c1-24-21(25-10-5-15-30(28,29)18-6-3-2-4-7-18)27-13-11-26(12-14-27)20-16-17(22)8-9-19(20)23;/h2-4,6-9,16H,5,10-15H2,1H3,(H,24,25);1H. The lowest BCUT2D eigenvalue weighted by atomic mass is 10.2. The summed E-state index contributed by atoms with van der Waals surface area (Å²) in [6, 6.07) is 11.9. The van der Waals surface area contributed by atoms with E-state index in [0.29, 0.717) is 50.0 Å². The van der Waals surface area contributed by atoms with E-state index in [4.69, 9.17) is 0 Å². The molecule has 1 fully saturated rings. The third-order valence-electron chi connectivity index (χ3n) is 5.02. The largest absolute Gasteiger partial charge is 0.366 e. The zero-order valence-electron chi connectivity index (χ0n) is 17.3. The van der Waals surface area contributed by atoms with Crippen LogP contribution < -0.4 is 10.2 Å². The maximum absolute atomic E-state index is 14.0. The number of hydrogen-bond donors (Lipinski definition) is 1. The fraction of sp³-hybridized carbons (Fsp3) is 0.381. The van der Waals surface area contributed by atoms with Gasteiger partial charge in [-0.05, 0) is 30.7 Å². The van der Waals surface area contributed by atoms with E-state index in [-0.39, 0.29) is 35.4 Å². The number of guanidine groups is 1. The topological polar surface area (TPSA) is 65.0 Å². The number of halogens is 3. The van der Waals surface area contributed by atoms with E-state index >= 15 is 0 Å². The van der Waals surface area contributed by atoms with Crippen molar-refractivity contribution in [3.63, 3.8) is 0 Å². The molecule has 10 heteroatoms. The monoisotopic (exact) mass is 564 g/mol. The van der Waals surface area contributed by atoms with Gasteiger partial charge in [0.15, 0.2) is 15.8 Å². The molecule has 0 atom stereocenters. The maximum atomic E-state index is 14.0. The summed E-state index contributed by atoms with van der Waals surface area (Å²) in [5.41, 5.74) is 0.267. The second-order valence-electron chi connectivity index (χ2n) is 7.03. The molecule has 0 bridgehead atoms. The third-order valence-corrected chi connectivity index (χ3v) is 6.83. The lowest BCUT2D eigenvalue weighted by Crippen LogP contribution is -2.53. The Morgan fingerprint density at radius 1 is 1.06 bits per heavy atom. The summed E-state index contributed by atoms with van der Waals surface area (Å²) in [6.07, 6.45) is 0.449. The average Bonchev–Trinajstić information content (AvgIpc) is 2.76. The molecule has 0 spiro atoms. The first-order valence-corrected chi connectivity index (χ1v) is 11.5. The van der Waals surface area contributed by atoms with Gasteiger partial charge in [0.2, 0.25) is 0 Å². The van der Waals surface area contributed by atoms with Gasteiger partial charge in [0, 0.05) is 45.8 Å². The number of aliphatic imine (C=N–C) groups is 1. The highest BCUT2D eigenvalue weighted by atomic mass is 127. The predicted octanol–water partition coefficient (Wildman–Crippen LogP) is 3.14. The van der Waals surface area contributed by atoms with Crippen LogP contribution >= 0.6 is 24.0 Å². The molecule has 2 aromatic rings. The van der Waals surface area contributed by atoms with E-state index in [0.717, 1.165) is 12.1 Å². The van der Waals surface area contributed by atoms with Crippen LogP contribution in [0.1, 0.15) is 6.42 Å². The van der Waals surface area contributed by atoms with E-state index < -0.39 is 21.5 Å². The van der Waals surface area contributed by atoms with E-state index in [1.54, 1.807) is 37.4 Å². The van der Waals surface area contributed by atoms with E-state index in [2.05, 4.69) is 10.3 Å². The molecular weight excluding hydrogens is 537 g/mol. The summed E-state index contributed by atoms with van der Waals surface area (Å²) in [7, 11) is -1.63. The van der Waals surface area contributed by atoms with Gasteiger partial charge in [-0.25, -0.2) is 17.2 Å². The van der Waals surface area contributed by atoms with Crippen molar-refractivity contribution in [3.8, 4) is 0 Å². The second-order valence-corrected chi connectivity index (χ2v) is 9.14. The van der Waals surface area contributed by atoms with Crippen LogP contribution in [0, 0.1) is 11.6 Å². The summed E-state index contributed by atoms with van der Waals surface area (Å²) in [5, 5.41) is 3.20. The van der Waals surface area contributed by atoms with Crippen LogP contribution in [0.3, 0.4) is 0 Å². The van der Waals surface area contributed by atoms with Crippen LogP contribution in [0.15, 0.2) is 58.4 Å². The molecular formula is C21H27F2IN4O2S. The first kappa shape index (κ1) is 25.3. The van der Waals surface area contributed by atoms with Gasteiger partial charge in [-0.1, -0.05) is 18.2 Å². The van der Waals surface area contributed by atoms with Gasteiger partial charge >= 0.3 is 0 Å². The van der Waals surface area contributed by atoms with Crippen LogP contribution in [-0.2, 0) is 9.84 Å². The molecule has 0 aromatic heterocycles. The lowest BCUT2D eigenvalue weighted by molar-refractivity contribution is 0.370. The Morgan fingerprint density at radius 3 is 2.39 bits per heavy atom. The molecule has 1 saturated heterocycles. The molecule has 0 amide bonds. The van der Waals surface area contributed by atoms with Crippen LogP contribution in [0.5, 0.6) is 0 Å². The van der Waals surface area contributed by atoms with Gasteiger partial charge in [-0.3, -0.25) is 4.99 Å². The SMILES string of the molecule is CN=C(NCCCS(=O)(=O)c1ccccc1)N1CCN(c2cc(F)ccc2F)CC1.I. The summed E-state index contributed by atoms with van der Waals surface area (Å²) in [6.45, 7) is 2.72. The number of piperazine rings is 1. The van der Waals surface area contributed by atoms with Crippen molar-refractivity contribution in [2.75, 3.05) is 50.4 Å². The zero-order chi connectivity index (χ0) is 21.6. The number of anilines is 1. The van der Waals surface area contributed by atoms with Gasteiger partial charge in [-0.2, -0.15) is 0 Å². The first-order valence-electron chi connectivity index (χ1n) is 9.84. The highest BCUT2D eigenvalue weighted by molar-refractivity contribution is 14.0. The minimum Gasteiger partial charge on any atom is -0.366 e. The lowest BCUT2D eigenvalue weighted by Gasteiger charge is -2.37. The van der Waals surface area contributed by atoms with Crippen molar-refractivity contribution >= 4 is 45.5 Å². The second kappa shape index (κ2) is 11.6. The van der Waals surface area contributed by atoms with Gasteiger partial charge < -0.3 is 15.1 Å². The van der Waals surface area contributed by atoms with Gasteiger partial charge in [-0.15, -0.1) is 24.0 Å². The van der Waals surface area contributed by atoms with E-state index in [1.165, 1.54) is 6.07 Å². The van der Waals surface area contributed by atoms with Crippen LogP contribution in [-0.4, -0.2) is 64.8 Å². The van der Waals surface area contributed by atoms with Crippen molar-refractivity contribution in [1.82, 2.24) is 10.2 Å². The predicted molar refractivity (Wildman–Crippen MR) is 130 cm³/mol. The molecule has 0 radical (unpaired) electrons. The van der Waals surface area contributed by atoms with Gasteiger partial charge in [0.1, 0.15) is 11.6 Å². The number of rotatable bonds is 6. The summed E-state index contributed by atoms with van der Waals surface area (Å²) < 4.78 is 52.1. The van der Waals surface area contributed by atoms with Crippen molar-refractivity contribution in [1.29, 1.82) is 0 Å².